The van der Waals surface area contributed by atoms with Crippen LogP contribution in [0.5, 0.6) is 0 Å². The van der Waals surface area contributed by atoms with Crippen molar-refractivity contribution in [1.29, 1.82) is 0 Å². The summed E-state index contributed by atoms with van der Waals surface area (Å²) in [6, 6.07) is 9.86. The lowest BCUT2D eigenvalue weighted by molar-refractivity contribution is 0.711. The Labute approximate surface area is 133 Å². The predicted molar refractivity (Wildman–Crippen MR) is 94.5 cm³/mol. The van der Waals surface area contributed by atoms with Gasteiger partial charge in [-0.3, -0.25) is 9.59 Å². The number of rotatable bonds is 7. The molecule has 22 heavy (non-hydrogen) atoms. The van der Waals surface area contributed by atoms with Crippen molar-refractivity contribution in [3.63, 3.8) is 0 Å². The summed E-state index contributed by atoms with van der Waals surface area (Å²) in [5.41, 5.74) is 2.35. The molecule has 3 heteroatoms. The highest BCUT2D eigenvalue weighted by molar-refractivity contribution is 5.50. The van der Waals surface area contributed by atoms with Gasteiger partial charge in [-0.15, -0.1) is 0 Å². The maximum atomic E-state index is 11.6. The van der Waals surface area contributed by atoms with Crippen LogP contribution in [0.15, 0.2) is 39.9 Å². The number of anilines is 1. The van der Waals surface area contributed by atoms with Crippen LogP contribution in [-0.4, -0.2) is 6.54 Å². The Morgan fingerprint density at radius 3 is 2.23 bits per heavy atom. The molecule has 3 nitrogen and oxygen atoms in total. The summed E-state index contributed by atoms with van der Waals surface area (Å²) in [6.45, 7) is 9.76. The molecule has 0 N–H and O–H groups in total. The van der Waals surface area contributed by atoms with Gasteiger partial charge in [0.15, 0.2) is 0 Å². The first-order chi connectivity index (χ1) is 10.7. The van der Waals surface area contributed by atoms with E-state index in [1.54, 1.807) is 0 Å². The van der Waals surface area contributed by atoms with Gasteiger partial charge >= 0.3 is 0 Å². The second-order valence-corrected chi connectivity index (χ2v) is 5.17. The van der Waals surface area contributed by atoms with Crippen molar-refractivity contribution in [3.05, 3.63) is 61.9 Å². The lowest BCUT2D eigenvalue weighted by atomic mass is 10.1. The number of aryl methyl sites for hydroxylation is 1. The normalized spacial score (nSPS) is 10.2. The molecule has 2 rings (SSSR count). The monoisotopic (exact) mass is 301 g/mol. The van der Waals surface area contributed by atoms with Crippen molar-refractivity contribution in [2.24, 2.45) is 0 Å². The van der Waals surface area contributed by atoms with Crippen LogP contribution in [0.4, 0.5) is 5.69 Å². The fourth-order valence-electron chi connectivity index (χ4n) is 2.34. The van der Waals surface area contributed by atoms with E-state index in [0.717, 1.165) is 25.8 Å². The van der Waals surface area contributed by atoms with Crippen LogP contribution in [0.25, 0.3) is 0 Å². The molecule has 120 valence electrons. The molecule has 0 saturated heterocycles. The quantitative estimate of drug-likeness (QED) is 0.732. The Balaban J connectivity index is 0.00000116. The van der Waals surface area contributed by atoms with Gasteiger partial charge in [-0.2, -0.15) is 0 Å². The molecule has 2 aromatic rings. The molecule has 0 aliphatic heterocycles. The maximum absolute atomic E-state index is 11.6. The van der Waals surface area contributed by atoms with E-state index in [1.165, 1.54) is 17.2 Å². The molecule has 0 saturated carbocycles. The highest BCUT2D eigenvalue weighted by Crippen LogP contribution is 2.15. The molecular formula is C19H27NO2. The van der Waals surface area contributed by atoms with Gasteiger partial charge in [0.2, 0.25) is 10.9 Å². The molecule has 0 aliphatic carbocycles. The zero-order chi connectivity index (χ0) is 16.5. The average Bonchev–Trinajstić information content (AvgIpc) is 2.58. The molecule has 0 heterocycles. The number of hydrogen-bond donors (Lipinski definition) is 0. The summed E-state index contributed by atoms with van der Waals surface area (Å²) in [7, 11) is 0. The number of benzene rings is 1. The van der Waals surface area contributed by atoms with Crippen molar-refractivity contribution in [3.8, 4) is 0 Å². The maximum Gasteiger partial charge on any atom is 0.249 e. The third-order valence-electron chi connectivity index (χ3n) is 3.62. The van der Waals surface area contributed by atoms with Gasteiger partial charge in [-0.1, -0.05) is 58.4 Å². The van der Waals surface area contributed by atoms with E-state index in [-0.39, 0.29) is 10.9 Å². The standard InChI is InChI=1S/C17H21NO2.C2H6/c1-3-5-9-18(15-11-16(19)17(15)20)12-14-8-6-7-13(4-2)10-14;1-2/h6-8,10-11H,3-5,9,12H2,1-2H3;1-2H3. The van der Waals surface area contributed by atoms with Crippen LogP contribution in [0.2, 0.25) is 0 Å². The molecule has 0 radical (unpaired) electrons. The molecule has 0 amide bonds. The minimum atomic E-state index is -0.371. The zero-order valence-corrected chi connectivity index (χ0v) is 14.2. The van der Waals surface area contributed by atoms with E-state index < -0.39 is 0 Å². The second kappa shape index (κ2) is 9.19. The van der Waals surface area contributed by atoms with Crippen molar-refractivity contribution >= 4 is 5.69 Å². The van der Waals surface area contributed by atoms with E-state index in [0.29, 0.717) is 12.2 Å². The fraction of sp³-hybridized carbons (Fsp3) is 0.474. The molecule has 0 unspecified atom stereocenters. The summed E-state index contributed by atoms with van der Waals surface area (Å²) in [6.07, 6.45) is 3.09. The largest absolute Gasteiger partial charge is 0.364 e. The van der Waals surface area contributed by atoms with E-state index in [2.05, 4.69) is 32.0 Å². The molecule has 0 bridgehead atoms. The van der Waals surface area contributed by atoms with Gasteiger partial charge in [0.05, 0.1) is 5.69 Å². The molecule has 0 aliphatic rings. The van der Waals surface area contributed by atoms with Crippen LogP contribution >= 0.6 is 0 Å². The van der Waals surface area contributed by atoms with Crippen LogP contribution < -0.4 is 15.8 Å². The predicted octanol–water partition coefficient (Wildman–Crippen LogP) is 3.68. The number of unbranched alkanes of at least 4 members (excludes halogenated alkanes) is 1. The van der Waals surface area contributed by atoms with Gasteiger partial charge in [0, 0.05) is 19.2 Å². The minimum absolute atomic E-state index is 0.340. The van der Waals surface area contributed by atoms with Crippen molar-refractivity contribution in [2.75, 3.05) is 11.4 Å². The first kappa shape index (κ1) is 18.1. The van der Waals surface area contributed by atoms with Crippen LogP contribution in [0.1, 0.15) is 51.7 Å². The molecular weight excluding hydrogens is 274 g/mol. The van der Waals surface area contributed by atoms with E-state index in [1.807, 2.05) is 24.8 Å². The van der Waals surface area contributed by atoms with Crippen molar-refractivity contribution in [2.45, 2.75) is 53.5 Å². The molecule has 2 aromatic carbocycles. The number of nitrogens with zero attached hydrogens (tertiary/aromatic N) is 1. The zero-order valence-electron chi connectivity index (χ0n) is 14.2. The molecule has 0 aromatic heterocycles. The van der Waals surface area contributed by atoms with Gasteiger partial charge in [-0.05, 0) is 24.0 Å². The van der Waals surface area contributed by atoms with Gasteiger partial charge in [-0.25, -0.2) is 0 Å². The van der Waals surface area contributed by atoms with Crippen LogP contribution in [0, 0.1) is 0 Å². The van der Waals surface area contributed by atoms with E-state index in [4.69, 9.17) is 0 Å². The SMILES string of the molecule is CC.CCCCN(Cc1cccc(CC)c1)c1cc(=O)c1=O. The Morgan fingerprint density at radius 2 is 1.68 bits per heavy atom. The summed E-state index contributed by atoms with van der Waals surface area (Å²) >= 11 is 0. The smallest absolute Gasteiger partial charge is 0.249 e. The van der Waals surface area contributed by atoms with E-state index in [9.17, 15) is 9.59 Å². The van der Waals surface area contributed by atoms with Gasteiger partial charge in [0.1, 0.15) is 0 Å². The Morgan fingerprint density at radius 1 is 1.00 bits per heavy atom. The minimum Gasteiger partial charge on any atom is -0.364 e. The van der Waals surface area contributed by atoms with Crippen molar-refractivity contribution in [1.82, 2.24) is 0 Å². The summed E-state index contributed by atoms with van der Waals surface area (Å²) in [5.74, 6) is 0. The fourth-order valence-corrected chi connectivity index (χ4v) is 2.34. The lowest BCUT2D eigenvalue weighted by Crippen LogP contribution is -2.39. The first-order valence-corrected chi connectivity index (χ1v) is 8.28. The number of hydrogen-bond acceptors (Lipinski definition) is 3. The third-order valence-corrected chi connectivity index (χ3v) is 3.62. The highest BCUT2D eigenvalue weighted by atomic mass is 16.2. The Hall–Kier alpha value is -1.90. The Kier molecular flexibility index (Phi) is 7.58. The highest BCUT2D eigenvalue weighted by Gasteiger charge is 2.17. The topological polar surface area (TPSA) is 37.4 Å². The van der Waals surface area contributed by atoms with E-state index >= 15 is 0 Å². The van der Waals surface area contributed by atoms with Crippen molar-refractivity contribution < 1.29 is 0 Å². The Bertz CT molecular complexity index is 639. The van der Waals surface area contributed by atoms with Crippen LogP contribution in [0.3, 0.4) is 0 Å². The summed E-state index contributed by atoms with van der Waals surface area (Å²) in [4.78, 5) is 24.8. The van der Waals surface area contributed by atoms with Crippen LogP contribution in [-0.2, 0) is 13.0 Å². The molecule has 0 atom stereocenters. The average molecular weight is 301 g/mol. The first-order valence-electron chi connectivity index (χ1n) is 8.28. The third kappa shape index (κ3) is 4.55. The molecule has 0 spiro atoms. The lowest BCUT2D eigenvalue weighted by Gasteiger charge is -2.25. The summed E-state index contributed by atoms with van der Waals surface area (Å²) in [5, 5.41) is 0. The van der Waals surface area contributed by atoms with Gasteiger partial charge < -0.3 is 4.90 Å². The van der Waals surface area contributed by atoms with Gasteiger partial charge in [0.25, 0.3) is 0 Å². The second-order valence-electron chi connectivity index (χ2n) is 5.17. The summed E-state index contributed by atoms with van der Waals surface area (Å²) < 4.78 is 0. The molecule has 0 fully saturated rings.